The number of aromatic hydroxyl groups is 1. The highest BCUT2D eigenvalue weighted by atomic mass is 16.3. The van der Waals surface area contributed by atoms with Gasteiger partial charge in [0.05, 0.1) is 0 Å². The van der Waals surface area contributed by atoms with E-state index in [4.69, 9.17) is 5.73 Å². The van der Waals surface area contributed by atoms with Crippen LogP contribution < -0.4 is 5.73 Å². The molecule has 0 saturated carbocycles. The van der Waals surface area contributed by atoms with E-state index in [9.17, 15) is 5.11 Å². The number of nitrogens with two attached hydrogens (primary N) is 1. The molecule has 78 valence electrons. The van der Waals surface area contributed by atoms with Crippen LogP contribution in [0, 0.1) is 13.8 Å². The highest BCUT2D eigenvalue weighted by molar-refractivity contribution is 5.43. The summed E-state index contributed by atoms with van der Waals surface area (Å²) in [5.41, 5.74) is 8.95. The summed E-state index contributed by atoms with van der Waals surface area (Å²) in [4.78, 5) is 0. The number of benzene rings is 1. The van der Waals surface area contributed by atoms with Gasteiger partial charge < -0.3 is 10.8 Å². The SMILES string of the molecule is CCCC(N)c1cc(C)c(O)c(C)c1. The van der Waals surface area contributed by atoms with E-state index in [-0.39, 0.29) is 6.04 Å². The summed E-state index contributed by atoms with van der Waals surface area (Å²) in [5.74, 6) is 0.387. The molecule has 3 N–H and O–H groups in total. The molecule has 0 aromatic heterocycles. The second-order valence-corrected chi connectivity index (χ2v) is 3.90. The topological polar surface area (TPSA) is 46.2 Å². The second kappa shape index (κ2) is 4.47. The first kappa shape index (κ1) is 11.1. The van der Waals surface area contributed by atoms with Gasteiger partial charge in [-0.2, -0.15) is 0 Å². The molecule has 2 heteroatoms. The summed E-state index contributed by atoms with van der Waals surface area (Å²) in [6.45, 7) is 5.94. The molecule has 0 aliphatic heterocycles. The first-order valence-electron chi connectivity index (χ1n) is 5.12. The van der Waals surface area contributed by atoms with Gasteiger partial charge in [-0.25, -0.2) is 0 Å². The monoisotopic (exact) mass is 193 g/mol. The number of aryl methyl sites for hydroxylation is 2. The van der Waals surface area contributed by atoms with Gasteiger partial charge in [0.2, 0.25) is 0 Å². The number of phenols is 1. The Morgan fingerprint density at radius 2 is 1.79 bits per heavy atom. The maximum absolute atomic E-state index is 9.60. The Kier molecular flexibility index (Phi) is 3.53. The van der Waals surface area contributed by atoms with E-state index in [1.807, 2.05) is 26.0 Å². The van der Waals surface area contributed by atoms with Crippen molar-refractivity contribution in [2.45, 2.75) is 39.7 Å². The fourth-order valence-corrected chi connectivity index (χ4v) is 1.68. The number of rotatable bonds is 3. The fourth-order valence-electron chi connectivity index (χ4n) is 1.68. The van der Waals surface area contributed by atoms with E-state index >= 15 is 0 Å². The Bertz CT molecular complexity index is 297. The fraction of sp³-hybridized carbons (Fsp3) is 0.500. The first-order valence-corrected chi connectivity index (χ1v) is 5.12. The van der Waals surface area contributed by atoms with Crippen LogP contribution in [-0.2, 0) is 0 Å². The Balaban J connectivity index is 3.00. The zero-order chi connectivity index (χ0) is 10.7. The van der Waals surface area contributed by atoms with Crippen molar-refractivity contribution in [3.8, 4) is 5.75 Å². The van der Waals surface area contributed by atoms with Crippen LogP contribution in [0.25, 0.3) is 0 Å². The molecule has 0 radical (unpaired) electrons. The van der Waals surface area contributed by atoms with Gasteiger partial charge in [-0.3, -0.25) is 0 Å². The van der Waals surface area contributed by atoms with Gasteiger partial charge in [-0.1, -0.05) is 25.5 Å². The van der Waals surface area contributed by atoms with Crippen LogP contribution in [0.3, 0.4) is 0 Å². The van der Waals surface area contributed by atoms with Gasteiger partial charge in [0.15, 0.2) is 0 Å². The summed E-state index contributed by atoms with van der Waals surface area (Å²) in [6.07, 6.45) is 2.07. The molecule has 14 heavy (non-hydrogen) atoms. The molecule has 2 nitrogen and oxygen atoms in total. The zero-order valence-electron chi connectivity index (χ0n) is 9.17. The van der Waals surface area contributed by atoms with Crippen LogP contribution in [0.2, 0.25) is 0 Å². The van der Waals surface area contributed by atoms with Gasteiger partial charge in [0.25, 0.3) is 0 Å². The molecule has 1 atom stereocenters. The van der Waals surface area contributed by atoms with Gasteiger partial charge in [0.1, 0.15) is 5.75 Å². The summed E-state index contributed by atoms with van der Waals surface area (Å²) in [7, 11) is 0. The average molecular weight is 193 g/mol. The molecule has 1 aromatic carbocycles. The van der Waals surface area contributed by atoms with Gasteiger partial charge in [-0.15, -0.1) is 0 Å². The first-order chi connectivity index (χ1) is 6.56. The van der Waals surface area contributed by atoms with E-state index in [1.54, 1.807) is 0 Å². The van der Waals surface area contributed by atoms with E-state index in [1.165, 1.54) is 0 Å². The highest BCUT2D eigenvalue weighted by Gasteiger charge is 2.08. The third kappa shape index (κ3) is 2.26. The minimum atomic E-state index is 0.0954. The maximum atomic E-state index is 9.60. The number of hydrogen-bond donors (Lipinski definition) is 2. The van der Waals surface area contributed by atoms with Gasteiger partial charge in [-0.05, 0) is 37.0 Å². The lowest BCUT2D eigenvalue weighted by Gasteiger charge is -2.13. The molecule has 1 rings (SSSR count). The quantitative estimate of drug-likeness (QED) is 0.775. The molecule has 0 amide bonds. The standard InChI is InChI=1S/C12H19NO/c1-4-5-11(13)10-6-8(2)12(14)9(3)7-10/h6-7,11,14H,4-5,13H2,1-3H3. The number of phenolic OH excluding ortho intramolecular Hbond substituents is 1. The Morgan fingerprint density at radius 1 is 1.29 bits per heavy atom. The van der Waals surface area contributed by atoms with Crippen molar-refractivity contribution in [2.75, 3.05) is 0 Å². The Labute approximate surface area is 85.8 Å². The van der Waals surface area contributed by atoms with Crippen LogP contribution in [0.5, 0.6) is 5.75 Å². The van der Waals surface area contributed by atoms with Crippen molar-refractivity contribution in [3.05, 3.63) is 28.8 Å². The van der Waals surface area contributed by atoms with Crippen molar-refractivity contribution < 1.29 is 5.11 Å². The highest BCUT2D eigenvalue weighted by Crippen LogP contribution is 2.26. The normalized spacial score (nSPS) is 12.9. The minimum Gasteiger partial charge on any atom is -0.507 e. The molecule has 0 aliphatic rings. The lowest BCUT2D eigenvalue weighted by molar-refractivity contribution is 0.466. The molecule has 0 fully saturated rings. The number of hydrogen-bond acceptors (Lipinski definition) is 2. The summed E-state index contributed by atoms with van der Waals surface area (Å²) >= 11 is 0. The van der Waals surface area contributed by atoms with Gasteiger partial charge >= 0.3 is 0 Å². The lowest BCUT2D eigenvalue weighted by Crippen LogP contribution is -2.10. The minimum absolute atomic E-state index is 0.0954. The lowest BCUT2D eigenvalue weighted by atomic mass is 9.98. The van der Waals surface area contributed by atoms with Crippen molar-refractivity contribution in [3.63, 3.8) is 0 Å². The molecule has 0 saturated heterocycles. The van der Waals surface area contributed by atoms with Crippen molar-refractivity contribution in [2.24, 2.45) is 5.73 Å². The summed E-state index contributed by atoms with van der Waals surface area (Å²) in [5, 5.41) is 9.60. The Hall–Kier alpha value is -1.02. The van der Waals surface area contributed by atoms with Crippen LogP contribution in [-0.4, -0.2) is 5.11 Å². The largest absolute Gasteiger partial charge is 0.507 e. The predicted octanol–water partition coefficient (Wildman–Crippen LogP) is 2.81. The average Bonchev–Trinajstić information content (AvgIpc) is 2.13. The third-order valence-electron chi connectivity index (χ3n) is 2.54. The zero-order valence-corrected chi connectivity index (χ0v) is 9.17. The van der Waals surface area contributed by atoms with Gasteiger partial charge in [0, 0.05) is 6.04 Å². The molecule has 1 aromatic rings. The van der Waals surface area contributed by atoms with Crippen LogP contribution in [0.4, 0.5) is 0 Å². The van der Waals surface area contributed by atoms with E-state index < -0.39 is 0 Å². The molecule has 0 aliphatic carbocycles. The molecule has 0 spiro atoms. The van der Waals surface area contributed by atoms with E-state index in [0.29, 0.717) is 5.75 Å². The predicted molar refractivity (Wildman–Crippen MR) is 59.4 cm³/mol. The van der Waals surface area contributed by atoms with Crippen molar-refractivity contribution >= 4 is 0 Å². The van der Waals surface area contributed by atoms with Crippen molar-refractivity contribution in [1.82, 2.24) is 0 Å². The van der Waals surface area contributed by atoms with E-state index in [2.05, 4.69) is 6.92 Å². The summed E-state index contributed by atoms with van der Waals surface area (Å²) < 4.78 is 0. The molecule has 1 unspecified atom stereocenters. The molecular formula is C12H19NO. The molecular weight excluding hydrogens is 174 g/mol. The maximum Gasteiger partial charge on any atom is 0.121 e. The third-order valence-corrected chi connectivity index (χ3v) is 2.54. The van der Waals surface area contributed by atoms with Crippen LogP contribution in [0.15, 0.2) is 12.1 Å². The summed E-state index contributed by atoms with van der Waals surface area (Å²) in [6, 6.07) is 4.05. The second-order valence-electron chi connectivity index (χ2n) is 3.90. The Morgan fingerprint density at radius 3 is 2.21 bits per heavy atom. The smallest absolute Gasteiger partial charge is 0.121 e. The van der Waals surface area contributed by atoms with Crippen molar-refractivity contribution in [1.29, 1.82) is 0 Å². The van der Waals surface area contributed by atoms with Crippen LogP contribution >= 0.6 is 0 Å². The molecule has 0 heterocycles. The van der Waals surface area contributed by atoms with E-state index in [0.717, 1.165) is 29.5 Å². The molecule has 0 bridgehead atoms. The van der Waals surface area contributed by atoms with Crippen LogP contribution in [0.1, 0.15) is 42.5 Å².